The third-order valence-electron chi connectivity index (χ3n) is 3.18. The summed E-state index contributed by atoms with van der Waals surface area (Å²) in [6.07, 6.45) is 0. The number of benzene rings is 2. The van der Waals surface area contributed by atoms with Crippen LogP contribution in [0.15, 0.2) is 42.5 Å². The molecule has 6 nitrogen and oxygen atoms in total. The van der Waals surface area contributed by atoms with Gasteiger partial charge in [0.15, 0.2) is 5.78 Å². The maximum absolute atomic E-state index is 11.7. The zero-order valence-electron chi connectivity index (χ0n) is 12.3. The van der Waals surface area contributed by atoms with Gasteiger partial charge >= 0.3 is 0 Å². The molecule has 0 aliphatic heterocycles. The Bertz CT molecular complexity index is 699. The molecule has 0 unspecified atom stereocenters. The van der Waals surface area contributed by atoms with Crippen molar-refractivity contribution in [3.05, 3.63) is 63.7 Å². The fourth-order valence-electron chi connectivity index (χ4n) is 2.05. The molecule has 0 aliphatic rings. The highest BCUT2D eigenvalue weighted by atomic mass is 16.6. The molecule has 1 N–H and O–H groups in total. The van der Waals surface area contributed by atoms with Crippen molar-refractivity contribution in [2.75, 3.05) is 12.4 Å². The van der Waals surface area contributed by atoms with Crippen molar-refractivity contribution in [1.82, 2.24) is 0 Å². The number of anilines is 1. The van der Waals surface area contributed by atoms with Crippen LogP contribution in [-0.2, 0) is 6.61 Å². The van der Waals surface area contributed by atoms with Crippen LogP contribution in [0, 0.1) is 10.1 Å². The number of hydrogen-bond donors (Lipinski definition) is 1. The first-order valence-corrected chi connectivity index (χ1v) is 6.70. The molecule has 0 spiro atoms. The highest BCUT2D eigenvalue weighted by Gasteiger charge is 2.20. The number of nitrogens with zero attached hydrogens (tertiary/aromatic N) is 1. The molecular formula is C16H16N2O4. The summed E-state index contributed by atoms with van der Waals surface area (Å²) < 4.78 is 5.68. The summed E-state index contributed by atoms with van der Waals surface area (Å²) in [7, 11) is 1.58. The molecule has 0 aromatic heterocycles. The normalized spacial score (nSPS) is 10.1. The number of carbonyl (C=O) groups excluding carboxylic acids is 1. The van der Waals surface area contributed by atoms with Crippen LogP contribution in [0.3, 0.4) is 0 Å². The quantitative estimate of drug-likeness (QED) is 0.502. The first-order chi connectivity index (χ1) is 10.5. The van der Waals surface area contributed by atoms with Crippen LogP contribution in [0.4, 0.5) is 11.4 Å². The lowest BCUT2D eigenvalue weighted by Gasteiger charge is -2.12. The highest BCUT2D eigenvalue weighted by Crippen LogP contribution is 2.33. The third kappa shape index (κ3) is 3.41. The van der Waals surface area contributed by atoms with E-state index in [-0.39, 0.29) is 23.6 Å². The Balaban J connectivity index is 2.36. The predicted octanol–water partition coefficient (Wildman–Crippen LogP) is 3.42. The van der Waals surface area contributed by atoms with Gasteiger partial charge in [0.05, 0.1) is 10.5 Å². The summed E-state index contributed by atoms with van der Waals surface area (Å²) in [6.45, 7) is 1.63. The largest absolute Gasteiger partial charge is 0.488 e. The van der Waals surface area contributed by atoms with E-state index >= 15 is 0 Å². The van der Waals surface area contributed by atoms with Crippen molar-refractivity contribution >= 4 is 17.2 Å². The van der Waals surface area contributed by atoms with E-state index in [4.69, 9.17) is 4.74 Å². The van der Waals surface area contributed by atoms with Gasteiger partial charge in [0.2, 0.25) is 0 Å². The molecule has 0 saturated heterocycles. The summed E-state index contributed by atoms with van der Waals surface area (Å²) in [5.74, 6) is 0.0418. The van der Waals surface area contributed by atoms with Gasteiger partial charge in [-0.3, -0.25) is 14.9 Å². The molecule has 0 fully saturated rings. The van der Waals surface area contributed by atoms with Gasteiger partial charge in [0.1, 0.15) is 18.0 Å². The zero-order chi connectivity index (χ0) is 16.1. The minimum absolute atomic E-state index is 0.153. The average molecular weight is 300 g/mol. The second-order valence-electron chi connectivity index (χ2n) is 4.70. The highest BCUT2D eigenvalue weighted by molar-refractivity contribution is 5.98. The van der Waals surface area contributed by atoms with Gasteiger partial charge in [-0.15, -0.1) is 0 Å². The molecule has 0 radical (unpaired) electrons. The molecule has 6 heteroatoms. The zero-order valence-corrected chi connectivity index (χ0v) is 12.3. The lowest BCUT2D eigenvalue weighted by atomic mass is 10.1. The van der Waals surface area contributed by atoms with E-state index in [1.165, 1.54) is 19.1 Å². The van der Waals surface area contributed by atoms with Crippen molar-refractivity contribution in [2.45, 2.75) is 13.5 Å². The molecule has 0 aliphatic carbocycles. The molecular weight excluding hydrogens is 284 g/mol. The first kappa shape index (κ1) is 15.5. The molecule has 2 rings (SSSR count). The summed E-state index contributed by atoms with van der Waals surface area (Å²) >= 11 is 0. The molecule has 0 saturated carbocycles. The second kappa shape index (κ2) is 6.71. The van der Waals surface area contributed by atoms with E-state index in [0.717, 1.165) is 5.56 Å². The minimum Gasteiger partial charge on any atom is -0.488 e. The van der Waals surface area contributed by atoms with E-state index < -0.39 is 4.92 Å². The molecule has 0 heterocycles. The third-order valence-corrected chi connectivity index (χ3v) is 3.18. The van der Waals surface area contributed by atoms with E-state index in [1.54, 1.807) is 7.05 Å². The Kier molecular flexibility index (Phi) is 4.73. The summed E-state index contributed by atoms with van der Waals surface area (Å²) in [6, 6.07) is 12.2. The first-order valence-electron chi connectivity index (χ1n) is 6.70. The van der Waals surface area contributed by atoms with Crippen molar-refractivity contribution < 1.29 is 14.5 Å². The lowest BCUT2D eigenvalue weighted by molar-refractivity contribution is -0.384. The Morgan fingerprint density at radius 3 is 2.50 bits per heavy atom. The summed E-state index contributed by atoms with van der Waals surface area (Å²) in [5.41, 5.74) is 1.29. The van der Waals surface area contributed by atoms with E-state index in [1.807, 2.05) is 30.3 Å². The van der Waals surface area contributed by atoms with Crippen LogP contribution < -0.4 is 10.1 Å². The average Bonchev–Trinajstić information content (AvgIpc) is 2.52. The molecule has 114 valence electrons. The fourth-order valence-corrected chi connectivity index (χ4v) is 2.05. The Labute approximate surface area is 127 Å². The smallest absolute Gasteiger partial charge is 0.293 e. The molecule has 0 amide bonds. The van der Waals surface area contributed by atoms with Crippen LogP contribution in [0.5, 0.6) is 5.75 Å². The van der Waals surface area contributed by atoms with Gasteiger partial charge in [0, 0.05) is 19.2 Å². The van der Waals surface area contributed by atoms with Crippen molar-refractivity contribution in [3.63, 3.8) is 0 Å². The van der Waals surface area contributed by atoms with Gasteiger partial charge in [-0.25, -0.2) is 0 Å². The maximum atomic E-state index is 11.7. The van der Waals surface area contributed by atoms with Gasteiger partial charge in [-0.1, -0.05) is 30.3 Å². The number of nitro benzene ring substituents is 1. The summed E-state index contributed by atoms with van der Waals surface area (Å²) in [5, 5.41) is 13.8. The van der Waals surface area contributed by atoms with Crippen LogP contribution in [0.1, 0.15) is 22.8 Å². The number of Topliss-reactive ketones (excluding diaryl/α,β-unsaturated/α-hetero) is 1. The SMILES string of the molecule is CNc1cc(OCc2ccccc2)c(C(C)=O)cc1[N+](=O)[O-]. The number of rotatable bonds is 6. The molecule has 2 aromatic carbocycles. The van der Waals surface area contributed by atoms with Crippen LogP contribution in [-0.4, -0.2) is 17.8 Å². The topological polar surface area (TPSA) is 81.5 Å². The predicted molar refractivity (Wildman–Crippen MR) is 83.4 cm³/mol. The number of nitrogens with one attached hydrogen (secondary N) is 1. The van der Waals surface area contributed by atoms with Crippen LogP contribution in [0.25, 0.3) is 0 Å². The fraction of sp³-hybridized carbons (Fsp3) is 0.188. The van der Waals surface area contributed by atoms with Crippen molar-refractivity contribution in [3.8, 4) is 5.75 Å². The Morgan fingerprint density at radius 2 is 1.95 bits per heavy atom. The molecule has 0 bridgehead atoms. The Morgan fingerprint density at radius 1 is 1.27 bits per heavy atom. The number of hydrogen-bond acceptors (Lipinski definition) is 5. The molecule has 0 atom stereocenters. The number of ketones is 1. The van der Waals surface area contributed by atoms with E-state index in [0.29, 0.717) is 11.4 Å². The van der Waals surface area contributed by atoms with E-state index in [9.17, 15) is 14.9 Å². The van der Waals surface area contributed by atoms with E-state index in [2.05, 4.69) is 5.32 Å². The van der Waals surface area contributed by atoms with Gasteiger partial charge in [0.25, 0.3) is 5.69 Å². The van der Waals surface area contributed by atoms with Gasteiger partial charge in [-0.2, -0.15) is 0 Å². The molecule has 22 heavy (non-hydrogen) atoms. The van der Waals surface area contributed by atoms with Gasteiger partial charge < -0.3 is 10.1 Å². The standard InChI is InChI=1S/C16H16N2O4/c1-11(19)13-8-15(18(20)21)14(17-2)9-16(13)22-10-12-6-4-3-5-7-12/h3-9,17H,10H2,1-2H3. The number of ether oxygens (including phenoxy) is 1. The van der Waals surface area contributed by atoms with Crippen LogP contribution in [0.2, 0.25) is 0 Å². The lowest BCUT2D eigenvalue weighted by Crippen LogP contribution is -2.05. The van der Waals surface area contributed by atoms with Crippen LogP contribution >= 0.6 is 0 Å². The minimum atomic E-state index is -0.529. The van der Waals surface area contributed by atoms with Crippen molar-refractivity contribution in [2.24, 2.45) is 0 Å². The monoisotopic (exact) mass is 300 g/mol. The maximum Gasteiger partial charge on any atom is 0.293 e. The van der Waals surface area contributed by atoms with Crippen molar-refractivity contribution in [1.29, 1.82) is 0 Å². The second-order valence-corrected chi connectivity index (χ2v) is 4.70. The number of carbonyl (C=O) groups is 1. The molecule has 2 aromatic rings. The van der Waals surface area contributed by atoms with Gasteiger partial charge in [-0.05, 0) is 12.5 Å². The number of nitro groups is 1. The summed E-state index contributed by atoms with van der Waals surface area (Å²) in [4.78, 5) is 22.3. The Hall–Kier alpha value is -2.89.